The second-order valence-corrected chi connectivity index (χ2v) is 8.70. The van der Waals surface area contributed by atoms with Gasteiger partial charge in [-0.25, -0.2) is 4.79 Å². The van der Waals surface area contributed by atoms with E-state index in [1.807, 2.05) is 26.8 Å². The van der Waals surface area contributed by atoms with Crippen LogP contribution in [0.25, 0.3) is 0 Å². The van der Waals surface area contributed by atoms with Crippen LogP contribution in [0.15, 0.2) is 54.6 Å². The molecule has 3 aromatic carbocycles. The molecule has 1 N–H and O–H groups in total. The summed E-state index contributed by atoms with van der Waals surface area (Å²) >= 11 is 0. The van der Waals surface area contributed by atoms with Gasteiger partial charge in [0.2, 0.25) is 5.75 Å². The van der Waals surface area contributed by atoms with Gasteiger partial charge in [-0.3, -0.25) is 9.59 Å². The van der Waals surface area contributed by atoms with E-state index in [9.17, 15) is 14.4 Å². The Morgan fingerprint density at radius 1 is 0.900 bits per heavy atom. The molecule has 10 heteroatoms. The molecule has 0 atom stereocenters. The van der Waals surface area contributed by atoms with Gasteiger partial charge in [0.25, 0.3) is 11.8 Å². The molecule has 0 bridgehead atoms. The predicted octanol–water partition coefficient (Wildman–Crippen LogP) is 4.85. The van der Waals surface area contributed by atoms with Crippen LogP contribution in [0, 0.1) is 0 Å². The van der Waals surface area contributed by atoms with Crippen molar-refractivity contribution in [3.05, 3.63) is 71.3 Å². The van der Waals surface area contributed by atoms with Crippen LogP contribution in [0.5, 0.6) is 23.0 Å². The Bertz CT molecular complexity index is 1380. The molecule has 0 fully saturated rings. The highest BCUT2D eigenvalue weighted by molar-refractivity contribution is 6.06. The number of fused-ring (bicyclic) bond motifs is 1. The van der Waals surface area contributed by atoms with Crippen LogP contribution >= 0.6 is 0 Å². The summed E-state index contributed by atoms with van der Waals surface area (Å²) in [6.45, 7) is 6.80. The van der Waals surface area contributed by atoms with Crippen LogP contribution in [0.2, 0.25) is 0 Å². The largest absolute Gasteiger partial charge is 0.490 e. The van der Waals surface area contributed by atoms with Crippen molar-refractivity contribution < 1.29 is 38.1 Å². The third-order valence-electron chi connectivity index (χ3n) is 6.02. The number of hydrogen-bond donors (Lipinski definition) is 1. The maximum absolute atomic E-state index is 13.3. The van der Waals surface area contributed by atoms with Crippen LogP contribution in [0.4, 0.5) is 11.4 Å². The van der Waals surface area contributed by atoms with Gasteiger partial charge >= 0.3 is 5.97 Å². The third-order valence-corrected chi connectivity index (χ3v) is 6.02. The number of benzene rings is 3. The maximum atomic E-state index is 13.3. The molecule has 2 amide bonds. The molecule has 0 radical (unpaired) electrons. The highest BCUT2D eigenvalue weighted by Gasteiger charge is 2.27. The number of nitrogens with one attached hydrogen (secondary N) is 1. The van der Waals surface area contributed by atoms with E-state index >= 15 is 0 Å². The number of carbonyl (C=O) groups is 3. The monoisotopic (exact) mass is 548 g/mol. The van der Waals surface area contributed by atoms with Crippen molar-refractivity contribution in [1.82, 2.24) is 0 Å². The number of carbonyl (C=O) groups excluding carboxylic acids is 3. The Hall–Kier alpha value is -4.73. The molecule has 3 aromatic rings. The number of hydrogen-bond acceptors (Lipinski definition) is 8. The van der Waals surface area contributed by atoms with Gasteiger partial charge in [0.1, 0.15) is 5.75 Å². The zero-order valence-corrected chi connectivity index (χ0v) is 22.9. The number of anilines is 2. The summed E-state index contributed by atoms with van der Waals surface area (Å²) in [5, 5.41) is 2.88. The standard InChI is InChI=1S/C30H32N2O8/c1-5-37-25-14-21(15-26(38-6-2)28(25)39-7-3)29(34)31-22-11-12-24-23(16-22)32(27(33)18-40-24)17-19-9-8-10-20(13-19)30(35)36-4/h8-16H,5-7,17-18H2,1-4H3,(H,31,34). The van der Waals surface area contributed by atoms with Crippen LogP contribution in [0.1, 0.15) is 47.1 Å². The Kier molecular flexibility index (Phi) is 9.11. The summed E-state index contributed by atoms with van der Waals surface area (Å²) in [5.41, 5.74) is 2.39. The fourth-order valence-corrected chi connectivity index (χ4v) is 4.27. The first-order valence-corrected chi connectivity index (χ1v) is 13.0. The predicted molar refractivity (Wildman–Crippen MR) is 149 cm³/mol. The maximum Gasteiger partial charge on any atom is 0.337 e. The van der Waals surface area contributed by atoms with E-state index in [0.717, 1.165) is 5.56 Å². The van der Waals surface area contributed by atoms with Crippen LogP contribution in [-0.2, 0) is 16.1 Å². The van der Waals surface area contributed by atoms with Gasteiger partial charge in [0, 0.05) is 11.3 Å². The molecule has 1 aliphatic heterocycles. The van der Waals surface area contributed by atoms with Crippen molar-refractivity contribution in [2.75, 3.05) is 43.8 Å². The zero-order valence-electron chi connectivity index (χ0n) is 22.9. The number of rotatable bonds is 11. The van der Waals surface area contributed by atoms with Gasteiger partial charge in [-0.2, -0.15) is 0 Å². The van der Waals surface area contributed by atoms with Gasteiger partial charge < -0.3 is 33.9 Å². The van der Waals surface area contributed by atoms with E-state index in [-0.39, 0.29) is 19.1 Å². The molecule has 0 saturated heterocycles. The zero-order chi connectivity index (χ0) is 28.6. The third kappa shape index (κ3) is 6.28. The summed E-state index contributed by atoms with van der Waals surface area (Å²) in [7, 11) is 1.31. The SMILES string of the molecule is CCOc1cc(C(=O)Nc2ccc3c(c2)N(Cc2cccc(C(=O)OC)c2)C(=O)CO3)cc(OCC)c1OCC. The molecule has 0 saturated carbocycles. The molecule has 10 nitrogen and oxygen atoms in total. The summed E-state index contributed by atoms with van der Waals surface area (Å²) in [5.74, 6) is 0.642. The molecule has 1 heterocycles. The Balaban J connectivity index is 1.61. The van der Waals surface area contributed by atoms with Gasteiger partial charge in [-0.1, -0.05) is 12.1 Å². The quantitative estimate of drug-likeness (QED) is 0.339. The number of ether oxygens (including phenoxy) is 5. The smallest absolute Gasteiger partial charge is 0.337 e. The molecular formula is C30H32N2O8. The van der Waals surface area contributed by atoms with Crippen LogP contribution in [0.3, 0.4) is 0 Å². The Morgan fingerprint density at radius 3 is 2.25 bits per heavy atom. The fraction of sp³-hybridized carbons (Fsp3) is 0.300. The number of amides is 2. The van der Waals surface area contributed by atoms with Crippen LogP contribution < -0.4 is 29.2 Å². The summed E-state index contributed by atoms with van der Waals surface area (Å²) < 4.78 is 27.6. The van der Waals surface area contributed by atoms with Gasteiger partial charge in [-0.15, -0.1) is 0 Å². The minimum Gasteiger partial charge on any atom is -0.490 e. The second kappa shape index (κ2) is 12.9. The Labute approximate surface area is 232 Å². The lowest BCUT2D eigenvalue weighted by Crippen LogP contribution is -2.38. The lowest BCUT2D eigenvalue weighted by atomic mass is 10.1. The molecule has 1 aliphatic rings. The molecule has 0 unspecified atom stereocenters. The van der Waals surface area contributed by atoms with Crippen molar-refractivity contribution >= 4 is 29.2 Å². The van der Waals surface area contributed by atoms with Gasteiger partial charge in [-0.05, 0) is 68.8 Å². The lowest BCUT2D eigenvalue weighted by Gasteiger charge is -2.30. The average Bonchev–Trinajstić information content (AvgIpc) is 2.96. The average molecular weight is 549 g/mol. The number of methoxy groups -OCH3 is 1. The highest BCUT2D eigenvalue weighted by atomic mass is 16.5. The molecular weight excluding hydrogens is 516 g/mol. The van der Waals surface area contributed by atoms with Gasteiger partial charge in [0.05, 0.1) is 44.7 Å². The highest BCUT2D eigenvalue weighted by Crippen LogP contribution is 2.40. The lowest BCUT2D eigenvalue weighted by molar-refractivity contribution is -0.121. The van der Waals surface area contributed by atoms with Crippen molar-refractivity contribution in [2.24, 2.45) is 0 Å². The number of nitrogens with zero attached hydrogens (tertiary/aromatic N) is 1. The summed E-state index contributed by atoms with van der Waals surface area (Å²) in [6, 6.07) is 15.2. The van der Waals surface area contributed by atoms with Gasteiger partial charge in [0.15, 0.2) is 18.1 Å². The first kappa shape index (κ1) is 28.3. The summed E-state index contributed by atoms with van der Waals surface area (Å²) in [6.07, 6.45) is 0. The second-order valence-electron chi connectivity index (χ2n) is 8.70. The van der Waals surface area contributed by atoms with Crippen molar-refractivity contribution in [3.63, 3.8) is 0 Å². The molecule has 0 aromatic heterocycles. The minimum atomic E-state index is -0.463. The molecule has 0 spiro atoms. The first-order chi connectivity index (χ1) is 19.4. The molecule has 40 heavy (non-hydrogen) atoms. The van der Waals surface area contributed by atoms with E-state index in [4.69, 9.17) is 23.7 Å². The van der Waals surface area contributed by atoms with Crippen LogP contribution in [-0.4, -0.2) is 51.3 Å². The minimum absolute atomic E-state index is 0.123. The Morgan fingerprint density at radius 2 is 1.60 bits per heavy atom. The van der Waals surface area contributed by atoms with E-state index in [1.54, 1.807) is 53.4 Å². The first-order valence-electron chi connectivity index (χ1n) is 13.0. The fourth-order valence-electron chi connectivity index (χ4n) is 4.27. The van der Waals surface area contributed by atoms with Crippen molar-refractivity contribution in [2.45, 2.75) is 27.3 Å². The van der Waals surface area contributed by atoms with E-state index in [0.29, 0.717) is 65.3 Å². The molecule has 210 valence electrons. The van der Waals surface area contributed by atoms with E-state index < -0.39 is 11.9 Å². The summed E-state index contributed by atoms with van der Waals surface area (Å²) in [4.78, 5) is 39.7. The molecule has 0 aliphatic carbocycles. The van der Waals surface area contributed by atoms with Crippen molar-refractivity contribution in [1.29, 1.82) is 0 Å². The topological polar surface area (TPSA) is 113 Å². The molecule has 4 rings (SSSR count). The van der Waals surface area contributed by atoms with Crippen molar-refractivity contribution in [3.8, 4) is 23.0 Å². The van der Waals surface area contributed by atoms with E-state index in [2.05, 4.69) is 5.32 Å². The number of esters is 1. The normalized spacial score (nSPS) is 12.2. The van der Waals surface area contributed by atoms with E-state index in [1.165, 1.54) is 7.11 Å².